The number of amides is 2. The fourth-order valence-corrected chi connectivity index (χ4v) is 3.39. The molecule has 0 saturated heterocycles. The second-order valence-corrected chi connectivity index (χ2v) is 8.14. The van der Waals surface area contributed by atoms with Crippen molar-refractivity contribution in [1.29, 1.82) is 0 Å². The lowest BCUT2D eigenvalue weighted by Gasteiger charge is -2.18. The van der Waals surface area contributed by atoms with Gasteiger partial charge in [-0.15, -0.1) is 13.2 Å². The summed E-state index contributed by atoms with van der Waals surface area (Å²) in [6, 6.07) is 9.44. The molecular weight excluding hydrogens is 420 g/mol. The number of esters is 1. The van der Waals surface area contributed by atoms with Crippen molar-refractivity contribution in [3.8, 4) is 0 Å². The normalized spacial score (nSPS) is 13.3. The minimum Gasteiger partial charge on any atom is -0.464 e. The molecule has 0 radical (unpaired) electrons. The van der Waals surface area contributed by atoms with Gasteiger partial charge in [-0.05, 0) is 44.6 Å². The average Bonchev–Trinajstić information content (AvgIpc) is 2.81. The molecule has 182 valence electrons. The van der Waals surface area contributed by atoms with Gasteiger partial charge < -0.3 is 20.5 Å². The summed E-state index contributed by atoms with van der Waals surface area (Å²) in [5.74, 6) is -1.72. The van der Waals surface area contributed by atoms with Crippen molar-refractivity contribution in [1.82, 2.24) is 10.6 Å². The first-order valence-electron chi connectivity index (χ1n) is 11.5. The highest BCUT2D eigenvalue weighted by Crippen LogP contribution is 2.17. The van der Waals surface area contributed by atoms with Gasteiger partial charge in [0.05, 0.1) is 25.0 Å². The Morgan fingerprint density at radius 1 is 1.12 bits per heavy atom. The molecule has 0 heterocycles. The number of hydrogen-bond donors (Lipinski definition) is 3. The lowest BCUT2D eigenvalue weighted by molar-refractivity contribution is -0.149. The fraction of sp³-hybridized carbons (Fsp3) is 0.500. The molecular formula is C26H38N2O5. The Morgan fingerprint density at radius 2 is 1.85 bits per heavy atom. The number of nitrogens with one attached hydrogen (secondary N) is 2. The predicted octanol–water partition coefficient (Wildman–Crippen LogP) is 2.94. The minimum atomic E-state index is -0.575. The third kappa shape index (κ3) is 12.0. The maximum Gasteiger partial charge on any atom is 0.309 e. The van der Waals surface area contributed by atoms with Crippen LogP contribution in [0, 0.1) is 11.8 Å². The number of aliphatic hydroxyl groups excluding tert-OH is 1. The van der Waals surface area contributed by atoms with Gasteiger partial charge in [-0.2, -0.15) is 0 Å². The molecule has 3 N–H and O–H groups in total. The number of unbranched alkanes of at least 4 members (excludes halogenated alkanes) is 1. The Kier molecular flexibility index (Phi) is 14.2. The van der Waals surface area contributed by atoms with Gasteiger partial charge in [-0.25, -0.2) is 0 Å². The second-order valence-electron chi connectivity index (χ2n) is 8.14. The SMILES string of the molecule is C=CCCC[C@H](Cc1ccccc1)C(=O)OCCNC(=O)[C@@H](CC=C)CC(=O)N[C@@H](C)CO. The third-order valence-electron chi connectivity index (χ3n) is 5.20. The van der Waals surface area contributed by atoms with Crippen LogP contribution in [-0.2, 0) is 25.5 Å². The molecule has 0 saturated carbocycles. The lowest BCUT2D eigenvalue weighted by atomic mass is 9.94. The van der Waals surface area contributed by atoms with Crippen molar-refractivity contribution in [2.75, 3.05) is 19.8 Å². The highest BCUT2D eigenvalue weighted by Gasteiger charge is 2.22. The van der Waals surface area contributed by atoms with Crippen LogP contribution in [0.3, 0.4) is 0 Å². The number of allylic oxidation sites excluding steroid dienone is 2. The Bertz CT molecular complexity index is 750. The summed E-state index contributed by atoms with van der Waals surface area (Å²) >= 11 is 0. The first kappa shape index (κ1) is 28.1. The standard InChI is InChI=1S/C26H38N2O5/c1-4-6-8-14-23(17-21-12-9-7-10-13-21)26(32)33-16-15-27-25(31)22(11-5-2)18-24(30)28-20(3)19-29/h4-5,7,9-10,12-13,20,22-23,29H,1-2,6,8,11,14-19H2,3H3,(H,27,31)(H,28,30)/t20-,22-,23+/m0/s1. The maximum atomic E-state index is 12.7. The number of aliphatic hydroxyl groups is 1. The lowest BCUT2D eigenvalue weighted by Crippen LogP contribution is -2.39. The largest absolute Gasteiger partial charge is 0.464 e. The topological polar surface area (TPSA) is 105 Å². The van der Waals surface area contributed by atoms with Crippen molar-refractivity contribution in [3.63, 3.8) is 0 Å². The monoisotopic (exact) mass is 458 g/mol. The van der Waals surface area contributed by atoms with E-state index in [2.05, 4.69) is 23.8 Å². The van der Waals surface area contributed by atoms with Crippen molar-refractivity contribution < 1.29 is 24.2 Å². The molecule has 1 rings (SSSR count). The van der Waals surface area contributed by atoms with Gasteiger partial charge in [0.1, 0.15) is 6.61 Å². The summed E-state index contributed by atoms with van der Waals surface area (Å²) in [4.78, 5) is 37.2. The van der Waals surface area contributed by atoms with Crippen molar-refractivity contribution >= 4 is 17.8 Å². The molecule has 3 atom stereocenters. The average molecular weight is 459 g/mol. The zero-order valence-corrected chi connectivity index (χ0v) is 19.6. The summed E-state index contributed by atoms with van der Waals surface area (Å²) in [5, 5.41) is 14.4. The van der Waals surface area contributed by atoms with E-state index in [-0.39, 0.29) is 55.9 Å². The van der Waals surface area contributed by atoms with E-state index in [9.17, 15) is 14.4 Å². The molecule has 0 aromatic heterocycles. The van der Waals surface area contributed by atoms with Gasteiger partial charge >= 0.3 is 5.97 Å². The highest BCUT2D eigenvalue weighted by atomic mass is 16.5. The molecule has 0 aliphatic heterocycles. The number of rotatable bonds is 17. The summed E-state index contributed by atoms with van der Waals surface area (Å²) in [5.41, 5.74) is 1.08. The maximum absolute atomic E-state index is 12.7. The van der Waals surface area contributed by atoms with Crippen LogP contribution < -0.4 is 10.6 Å². The Morgan fingerprint density at radius 3 is 2.48 bits per heavy atom. The van der Waals surface area contributed by atoms with Crippen LogP contribution in [0.4, 0.5) is 0 Å². The molecule has 0 aliphatic carbocycles. The number of ether oxygens (including phenoxy) is 1. The van der Waals surface area contributed by atoms with Gasteiger partial charge in [0.2, 0.25) is 11.8 Å². The van der Waals surface area contributed by atoms with Crippen LogP contribution in [0.5, 0.6) is 0 Å². The number of hydrogen-bond acceptors (Lipinski definition) is 5. The summed E-state index contributed by atoms with van der Waals surface area (Å²) < 4.78 is 5.44. The van der Waals surface area contributed by atoms with Crippen molar-refractivity contribution in [3.05, 3.63) is 61.2 Å². The Hall–Kier alpha value is -2.93. The van der Waals surface area contributed by atoms with Crippen molar-refractivity contribution in [2.24, 2.45) is 11.8 Å². The Labute approximate surface area is 197 Å². The second kappa shape index (κ2) is 16.7. The first-order chi connectivity index (χ1) is 15.9. The van der Waals surface area contributed by atoms with Gasteiger partial charge in [0.15, 0.2) is 0 Å². The van der Waals surface area contributed by atoms with Crippen LogP contribution >= 0.6 is 0 Å². The molecule has 2 amide bonds. The third-order valence-corrected chi connectivity index (χ3v) is 5.20. The molecule has 0 fully saturated rings. The van der Waals surface area contributed by atoms with E-state index < -0.39 is 5.92 Å². The number of benzene rings is 1. The Balaban J connectivity index is 2.51. The van der Waals surface area contributed by atoms with E-state index in [1.807, 2.05) is 36.4 Å². The van der Waals surface area contributed by atoms with E-state index >= 15 is 0 Å². The van der Waals surface area contributed by atoms with Crippen LogP contribution in [0.1, 0.15) is 44.6 Å². The van der Waals surface area contributed by atoms with Gasteiger partial charge in [0.25, 0.3) is 0 Å². The highest BCUT2D eigenvalue weighted by molar-refractivity contribution is 5.86. The zero-order valence-electron chi connectivity index (χ0n) is 19.6. The molecule has 7 heteroatoms. The molecule has 1 aromatic carbocycles. The van der Waals surface area contributed by atoms with Crippen molar-refractivity contribution in [2.45, 2.75) is 51.5 Å². The minimum absolute atomic E-state index is 0.00949. The van der Waals surface area contributed by atoms with Gasteiger partial charge in [0, 0.05) is 12.5 Å². The van der Waals surface area contributed by atoms with Crippen LogP contribution in [0.25, 0.3) is 0 Å². The van der Waals surface area contributed by atoms with E-state index in [1.54, 1.807) is 13.0 Å². The predicted molar refractivity (Wildman–Crippen MR) is 129 cm³/mol. The summed E-state index contributed by atoms with van der Waals surface area (Å²) in [6.45, 7) is 9.10. The van der Waals surface area contributed by atoms with E-state index in [4.69, 9.17) is 9.84 Å². The first-order valence-corrected chi connectivity index (χ1v) is 11.5. The van der Waals surface area contributed by atoms with E-state index in [1.165, 1.54) is 0 Å². The zero-order chi connectivity index (χ0) is 24.5. The summed E-state index contributed by atoms with van der Waals surface area (Å²) in [7, 11) is 0. The summed E-state index contributed by atoms with van der Waals surface area (Å²) in [6.07, 6.45) is 6.76. The smallest absolute Gasteiger partial charge is 0.309 e. The van der Waals surface area contributed by atoms with Crippen LogP contribution in [-0.4, -0.2) is 48.7 Å². The van der Waals surface area contributed by atoms with Gasteiger partial charge in [-0.1, -0.05) is 42.5 Å². The number of carbonyl (C=O) groups is 3. The molecule has 7 nitrogen and oxygen atoms in total. The number of carbonyl (C=O) groups excluding carboxylic acids is 3. The van der Waals surface area contributed by atoms with Crippen LogP contribution in [0.15, 0.2) is 55.6 Å². The van der Waals surface area contributed by atoms with Crippen LogP contribution in [0.2, 0.25) is 0 Å². The van der Waals surface area contributed by atoms with E-state index in [0.717, 1.165) is 18.4 Å². The molecule has 1 aromatic rings. The van der Waals surface area contributed by atoms with E-state index in [0.29, 0.717) is 19.3 Å². The molecule has 0 bridgehead atoms. The van der Waals surface area contributed by atoms with Gasteiger partial charge in [-0.3, -0.25) is 14.4 Å². The molecule has 0 aliphatic rings. The molecule has 33 heavy (non-hydrogen) atoms. The fourth-order valence-electron chi connectivity index (χ4n) is 3.39. The molecule has 0 unspecified atom stereocenters. The quantitative estimate of drug-likeness (QED) is 0.189. The molecule has 0 spiro atoms.